The van der Waals surface area contributed by atoms with Crippen molar-refractivity contribution in [1.29, 1.82) is 0 Å². The lowest BCUT2D eigenvalue weighted by molar-refractivity contribution is 0.460. The van der Waals surface area contributed by atoms with Crippen molar-refractivity contribution in [2.75, 3.05) is 5.32 Å². The van der Waals surface area contributed by atoms with Crippen molar-refractivity contribution >= 4 is 17.0 Å². The van der Waals surface area contributed by atoms with Gasteiger partial charge in [0.05, 0.1) is 6.33 Å². The van der Waals surface area contributed by atoms with Crippen LogP contribution >= 0.6 is 0 Å². The summed E-state index contributed by atoms with van der Waals surface area (Å²) in [4.78, 5) is 14.9. The molecule has 0 aliphatic heterocycles. The van der Waals surface area contributed by atoms with Gasteiger partial charge in [-0.1, -0.05) is 6.07 Å². The molecular formula is C12H10FN5O. The van der Waals surface area contributed by atoms with Crippen molar-refractivity contribution in [3.63, 3.8) is 0 Å². The van der Waals surface area contributed by atoms with Gasteiger partial charge in [-0.05, 0) is 12.1 Å². The molecule has 0 atom stereocenters. The Labute approximate surface area is 107 Å². The molecule has 0 bridgehead atoms. The number of aromatic nitrogens is 4. The minimum atomic E-state index is -0.470. The van der Waals surface area contributed by atoms with E-state index < -0.39 is 5.82 Å². The number of anilines is 1. The first kappa shape index (κ1) is 11.4. The van der Waals surface area contributed by atoms with E-state index >= 15 is 0 Å². The lowest BCUT2D eigenvalue weighted by Crippen LogP contribution is -2.04. The zero-order valence-electron chi connectivity index (χ0n) is 9.76. The molecule has 96 valence electrons. The summed E-state index contributed by atoms with van der Waals surface area (Å²) in [5.74, 6) is -0.0602. The third-order valence-corrected chi connectivity index (χ3v) is 2.75. The number of imidazole rings is 1. The molecule has 6 nitrogen and oxygen atoms in total. The van der Waals surface area contributed by atoms with E-state index in [2.05, 4.69) is 25.3 Å². The second kappa shape index (κ2) is 4.52. The number of phenolic OH excluding ortho intramolecular Hbond substituents is 1. The van der Waals surface area contributed by atoms with Crippen LogP contribution < -0.4 is 5.32 Å². The van der Waals surface area contributed by atoms with Crippen LogP contribution in [-0.2, 0) is 6.54 Å². The van der Waals surface area contributed by atoms with E-state index in [1.165, 1.54) is 30.9 Å². The average Bonchev–Trinajstić information content (AvgIpc) is 2.87. The molecule has 0 amide bonds. The summed E-state index contributed by atoms with van der Waals surface area (Å²) in [6.45, 7) is 0.115. The Morgan fingerprint density at radius 3 is 3.00 bits per heavy atom. The number of aromatic amines is 1. The highest BCUT2D eigenvalue weighted by Gasteiger charge is 2.10. The fourth-order valence-electron chi connectivity index (χ4n) is 1.79. The second-order valence-corrected chi connectivity index (χ2v) is 3.91. The van der Waals surface area contributed by atoms with Gasteiger partial charge < -0.3 is 15.4 Å². The number of H-pyrrole nitrogens is 1. The molecule has 0 radical (unpaired) electrons. The summed E-state index contributed by atoms with van der Waals surface area (Å²) in [6.07, 6.45) is 2.87. The van der Waals surface area contributed by atoms with Crippen LogP contribution in [0.1, 0.15) is 5.56 Å². The molecule has 19 heavy (non-hydrogen) atoms. The van der Waals surface area contributed by atoms with Gasteiger partial charge in [-0.25, -0.2) is 19.3 Å². The van der Waals surface area contributed by atoms with Gasteiger partial charge in [-0.15, -0.1) is 0 Å². The predicted molar refractivity (Wildman–Crippen MR) is 67.1 cm³/mol. The Morgan fingerprint density at radius 1 is 1.26 bits per heavy atom. The first-order chi connectivity index (χ1) is 9.25. The van der Waals surface area contributed by atoms with Gasteiger partial charge in [0, 0.05) is 12.1 Å². The summed E-state index contributed by atoms with van der Waals surface area (Å²) in [6, 6.07) is 4.18. The Hall–Kier alpha value is -2.70. The predicted octanol–water partition coefficient (Wildman–Crippen LogP) is 1.81. The van der Waals surface area contributed by atoms with Gasteiger partial charge in [0.25, 0.3) is 0 Å². The third-order valence-electron chi connectivity index (χ3n) is 2.75. The fraction of sp³-hybridized carbons (Fsp3) is 0.0833. The van der Waals surface area contributed by atoms with Crippen LogP contribution in [0.4, 0.5) is 10.2 Å². The second-order valence-electron chi connectivity index (χ2n) is 3.91. The summed E-state index contributed by atoms with van der Waals surface area (Å²) >= 11 is 0. The van der Waals surface area contributed by atoms with Crippen LogP contribution in [0, 0.1) is 5.82 Å². The Bertz CT molecular complexity index is 707. The summed E-state index contributed by atoms with van der Waals surface area (Å²) in [5, 5.41) is 12.6. The zero-order valence-corrected chi connectivity index (χ0v) is 9.76. The van der Waals surface area contributed by atoms with Crippen molar-refractivity contribution in [3.8, 4) is 5.75 Å². The van der Waals surface area contributed by atoms with Crippen LogP contribution in [0.5, 0.6) is 5.75 Å². The van der Waals surface area contributed by atoms with E-state index in [0.29, 0.717) is 17.0 Å². The number of rotatable bonds is 3. The largest absolute Gasteiger partial charge is 0.507 e. The van der Waals surface area contributed by atoms with Crippen molar-refractivity contribution in [1.82, 2.24) is 19.9 Å². The van der Waals surface area contributed by atoms with E-state index in [1.54, 1.807) is 0 Å². The van der Waals surface area contributed by atoms with E-state index in [1.807, 2.05) is 0 Å². The fourth-order valence-corrected chi connectivity index (χ4v) is 1.79. The summed E-state index contributed by atoms with van der Waals surface area (Å²) in [7, 11) is 0. The molecule has 0 aliphatic rings. The van der Waals surface area contributed by atoms with Crippen LogP contribution in [0.3, 0.4) is 0 Å². The van der Waals surface area contributed by atoms with Gasteiger partial charge in [0.1, 0.15) is 23.4 Å². The molecule has 0 aliphatic carbocycles. The maximum absolute atomic E-state index is 13.6. The number of nitrogens with one attached hydrogen (secondary N) is 2. The van der Waals surface area contributed by atoms with Crippen LogP contribution in [0.2, 0.25) is 0 Å². The third kappa shape index (κ3) is 2.05. The topological polar surface area (TPSA) is 86.7 Å². The minimum Gasteiger partial charge on any atom is -0.507 e. The highest BCUT2D eigenvalue weighted by Crippen LogP contribution is 2.22. The maximum atomic E-state index is 13.6. The molecular weight excluding hydrogens is 249 g/mol. The molecule has 1 aromatic carbocycles. The number of nitrogens with zero attached hydrogens (tertiary/aromatic N) is 3. The van der Waals surface area contributed by atoms with Gasteiger partial charge >= 0.3 is 0 Å². The number of hydrogen-bond acceptors (Lipinski definition) is 5. The Morgan fingerprint density at radius 2 is 2.16 bits per heavy atom. The van der Waals surface area contributed by atoms with Gasteiger partial charge in [-0.3, -0.25) is 0 Å². The van der Waals surface area contributed by atoms with E-state index in [9.17, 15) is 9.50 Å². The zero-order chi connectivity index (χ0) is 13.2. The van der Waals surface area contributed by atoms with Crippen molar-refractivity contribution in [2.24, 2.45) is 0 Å². The van der Waals surface area contributed by atoms with Gasteiger partial charge in [0.2, 0.25) is 0 Å². The molecule has 2 aromatic heterocycles. The maximum Gasteiger partial charge on any atom is 0.182 e. The molecule has 0 saturated carbocycles. The normalized spacial score (nSPS) is 10.8. The van der Waals surface area contributed by atoms with Crippen LogP contribution in [0.15, 0.2) is 30.9 Å². The number of phenols is 1. The number of aromatic hydroxyl groups is 1. The van der Waals surface area contributed by atoms with Crippen LogP contribution in [0.25, 0.3) is 11.2 Å². The highest BCUT2D eigenvalue weighted by molar-refractivity contribution is 5.81. The smallest absolute Gasteiger partial charge is 0.182 e. The van der Waals surface area contributed by atoms with Gasteiger partial charge in [0.15, 0.2) is 11.5 Å². The quantitative estimate of drug-likeness (QED) is 0.667. The Kier molecular flexibility index (Phi) is 2.71. The molecule has 0 saturated heterocycles. The van der Waals surface area contributed by atoms with Crippen molar-refractivity contribution < 1.29 is 9.50 Å². The summed E-state index contributed by atoms with van der Waals surface area (Å²) in [5.41, 5.74) is 1.35. The SMILES string of the molecule is Oc1cccc(F)c1CNc1ncnc2nc[nH]c12. The average molecular weight is 259 g/mol. The lowest BCUT2D eigenvalue weighted by Gasteiger charge is -2.08. The minimum absolute atomic E-state index is 0.0950. The lowest BCUT2D eigenvalue weighted by atomic mass is 10.2. The Balaban J connectivity index is 1.88. The molecule has 3 aromatic rings. The number of halogens is 1. The molecule has 3 N–H and O–H groups in total. The van der Waals surface area contributed by atoms with Crippen LogP contribution in [-0.4, -0.2) is 25.0 Å². The number of benzene rings is 1. The molecule has 0 fully saturated rings. The van der Waals surface area contributed by atoms with Crippen molar-refractivity contribution in [3.05, 3.63) is 42.2 Å². The molecule has 0 spiro atoms. The highest BCUT2D eigenvalue weighted by atomic mass is 19.1. The molecule has 0 unspecified atom stereocenters. The number of hydrogen-bond donors (Lipinski definition) is 3. The van der Waals surface area contributed by atoms with Crippen molar-refractivity contribution in [2.45, 2.75) is 6.54 Å². The first-order valence-electron chi connectivity index (χ1n) is 5.60. The standard InChI is InChI=1S/C12H10FN5O/c13-8-2-1-3-9(19)7(8)4-14-11-10-12(16-5-15-10)18-6-17-11/h1-3,5-6,19H,4H2,(H2,14,15,16,17,18). The first-order valence-corrected chi connectivity index (χ1v) is 5.60. The number of fused-ring (bicyclic) bond motifs is 1. The summed E-state index contributed by atoms with van der Waals surface area (Å²) < 4.78 is 13.6. The van der Waals surface area contributed by atoms with E-state index in [-0.39, 0.29) is 17.9 Å². The van der Waals surface area contributed by atoms with Gasteiger partial charge in [-0.2, -0.15) is 0 Å². The van der Waals surface area contributed by atoms with E-state index in [4.69, 9.17) is 0 Å². The molecule has 7 heteroatoms. The molecule has 3 rings (SSSR count). The van der Waals surface area contributed by atoms with E-state index in [0.717, 1.165) is 0 Å². The monoisotopic (exact) mass is 259 g/mol. The molecule has 2 heterocycles.